The molecule has 1 aromatic carbocycles. The molecule has 0 bridgehead atoms. The van der Waals surface area contributed by atoms with E-state index in [1.807, 2.05) is 22.6 Å². The number of ether oxygens (including phenoxy) is 2. The molecule has 0 saturated carbocycles. The summed E-state index contributed by atoms with van der Waals surface area (Å²) >= 11 is 7.86. The van der Waals surface area contributed by atoms with Gasteiger partial charge in [-0.3, -0.25) is 0 Å². The van der Waals surface area contributed by atoms with E-state index in [1.54, 1.807) is 13.2 Å². The maximum atomic E-state index is 10.9. The van der Waals surface area contributed by atoms with E-state index in [4.69, 9.17) is 26.2 Å². The number of benzene rings is 1. The first-order valence-electron chi connectivity index (χ1n) is 4.40. The fraction of sp³-hybridized carbons (Fsp3) is 0.300. The molecule has 1 aromatic rings. The van der Waals surface area contributed by atoms with Crippen molar-refractivity contribution in [3.05, 3.63) is 26.3 Å². The summed E-state index contributed by atoms with van der Waals surface area (Å²) < 4.78 is 10.9. The highest BCUT2D eigenvalue weighted by Crippen LogP contribution is 2.28. The number of methoxy groups -OCH3 is 1. The molecule has 0 spiro atoms. The molecule has 4 nitrogen and oxygen atoms in total. The number of rotatable bonds is 5. The third-order valence-corrected chi connectivity index (χ3v) is 3.32. The topological polar surface area (TPSA) is 55.8 Å². The molecule has 0 fully saturated rings. The smallest absolute Gasteiger partial charge is 0.339 e. The molecular weight excluding hydrogens is 346 g/mol. The summed E-state index contributed by atoms with van der Waals surface area (Å²) in [6.07, 6.45) is 0. The van der Waals surface area contributed by atoms with Crippen molar-refractivity contribution in [2.45, 2.75) is 0 Å². The average molecular weight is 357 g/mol. The van der Waals surface area contributed by atoms with Gasteiger partial charge in [0.25, 0.3) is 0 Å². The zero-order valence-corrected chi connectivity index (χ0v) is 11.4. The van der Waals surface area contributed by atoms with Crippen LogP contribution in [0.15, 0.2) is 12.1 Å². The minimum Gasteiger partial charge on any atom is -0.490 e. The lowest BCUT2D eigenvalue weighted by molar-refractivity contribution is 0.0689. The Hall–Kier alpha value is -0.530. The summed E-state index contributed by atoms with van der Waals surface area (Å²) in [4.78, 5) is 10.9. The number of halogens is 2. The molecule has 0 amide bonds. The summed E-state index contributed by atoms with van der Waals surface area (Å²) in [5.41, 5.74) is 0.0570. The molecule has 0 unspecified atom stereocenters. The molecular formula is C10H10ClIO4. The highest BCUT2D eigenvalue weighted by molar-refractivity contribution is 14.1. The second-order valence-corrected chi connectivity index (χ2v) is 4.48. The Bertz CT molecular complexity index is 395. The summed E-state index contributed by atoms with van der Waals surface area (Å²) in [6, 6.07) is 2.98. The second kappa shape index (κ2) is 6.27. The first-order chi connectivity index (χ1) is 7.56. The van der Waals surface area contributed by atoms with Gasteiger partial charge in [0.05, 0.1) is 11.6 Å². The van der Waals surface area contributed by atoms with Gasteiger partial charge in [-0.15, -0.1) is 0 Å². The average Bonchev–Trinajstić information content (AvgIpc) is 2.23. The number of hydrogen-bond acceptors (Lipinski definition) is 3. The normalized spacial score (nSPS) is 10.2. The molecule has 1 N–H and O–H groups in total. The molecule has 88 valence electrons. The number of carbonyl (C=O) groups is 1. The first-order valence-corrected chi connectivity index (χ1v) is 5.86. The molecule has 0 aliphatic heterocycles. The maximum Gasteiger partial charge on any atom is 0.339 e. The molecule has 0 aliphatic rings. The van der Waals surface area contributed by atoms with Crippen LogP contribution < -0.4 is 4.74 Å². The minimum atomic E-state index is -1.06. The van der Waals surface area contributed by atoms with Crippen LogP contribution in [0.5, 0.6) is 5.75 Å². The van der Waals surface area contributed by atoms with E-state index in [0.29, 0.717) is 24.0 Å². The molecule has 0 aliphatic carbocycles. The Morgan fingerprint density at radius 1 is 1.50 bits per heavy atom. The molecule has 6 heteroatoms. The van der Waals surface area contributed by atoms with Crippen molar-refractivity contribution in [3.8, 4) is 5.75 Å². The van der Waals surface area contributed by atoms with Crippen LogP contribution in [0.2, 0.25) is 5.02 Å². The van der Waals surface area contributed by atoms with E-state index in [9.17, 15) is 4.79 Å². The van der Waals surface area contributed by atoms with Gasteiger partial charge < -0.3 is 14.6 Å². The fourth-order valence-electron chi connectivity index (χ4n) is 1.05. The van der Waals surface area contributed by atoms with Crippen LogP contribution in [-0.4, -0.2) is 31.4 Å². The summed E-state index contributed by atoms with van der Waals surface area (Å²) in [6.45, 7) is 0.701. The molecule has 0 radical (unpaired) electrons. The monoisotopic (exact) mass is 356 g/mol. The van der Waals surface area contributed by atoms with Crippen molar-refractivity contribution in [2.75, 3.05) is 20.3 Å². The number of carboxylic acid groups (broad SMARTS) is 1. The van der Waals surface area contributed by atoms with Crippen molar-refractivity contribution in [1.29, 1.82) is 0 Å². The van der Waals surface area contributed by atoms with Gasteiger partial charge in [-0.05, 0) is 34.7 Å². The van der Waals surface area contributed by atoms with Crippen LogP contribution >= 0.6 is 34.2 Å². The zero-order chi connectivity index (χ0) is 12.1. The van der Waals surface area contributed by atoms with Crippen molar-refractivity contribution in [1.82, 2.24) is 0 Å². The Morgan fingerprint density at radius 2 is 2.19 bits per heavy atom. The Kier molecular flexibility index (Phi) is 5.30. The van der Waals surface area contributed by atoms with Crippen molar-refractivity contribution in [2.24, 2.45) is 0 Å². The number of carboxylic acids is 1. The summed E-state index contributed by atoms with van der Waals surface area (Å²) in [5, 5.41) is 9.37. The van der Waals surface area contributed by atoms with Gasteiger partial charge in [0.2, 0.25) is 0 Å². The minimum absolute atomic E-state index is 0.0570. The lowest BCUT2D eigenvalue weighted by atomic mass is 10.2. The van der Waals surface area contributed by atoms with Gasteiger partial charge in [-0.1, -0.05) is 11.6 Å². The Balaban J connectivity index is 2.95. The molecule has 0 saturated heterocycles. The predicted molar refractivity (Wildman–Crippen MR) is 68.5 cm³/mol. The van der Waals surface area contributed by atoms with Crippen LogP contribution in [0.4, 0.5) is 0 Å². The fourth-order valence-corrected chi connectivity index (χ4v) is 1.65. The van der Waals surface area contributed by atoms with Crippen LogP contribution in [0.3, 0.4) is 0 Å². The first kappa shape index (κ1) is 13.5. The molecule has 0 atom stereocenters. The van der Waals surface area contributed by atoms with Crippen LogP contribution in [0, 0.1) is 3.57 Å². The van der Waals surface area contributed by atoms with E-state index in [0.717, 1.165) is 3.57 Å². The van der Waals surface area contributed by atoms with Gasteiger partial charge >= 0.3 is 5.97 Å². The third-order valence-electron chi connectivity index (χ3n) is 1.80. The highest BCUT2D eigenvalue weighted by atomic mass is 127. The van der Waals surface area contributed by atoms with Crippen LogP contribution in [-0.2, 0) is 4.74 Å². The second-order valence-electron chi connectivity index (χ2n) is 2.91. The van der Waals surface area contributed by atoms with Crippen molar-refractivity contribution < 1.29 is 19.4 Å². The maximum absolute atomic E-state index is 10.9. The van der Waals surface area contributed by atoms with Gasteiger partial charge in [-0.25, -0.2) is 4.79 Å². The van der Waals surface area contributed by atoms with Crippen LogP contribution in [0.1, 0.15) is 10.4 Å². The Morgan fingerprint density at radius 3 is 2.75 bits per heavy atom. The molecule has 0 heterocycles. The van der Waals surface area contributed by atoms with Gasteiger partial charge in [0.15, 0.2) is 0 Å². The molecule has 16 heavy (non-hydrogen) atoms. The quantitative estimate of drug-likeness (QED) is 0.651. The number of aromatic carboxylic acids is 1. The zero-order valence-electron chi connectivity index (χ0n) is 8.50. The van der Waals surface area contributed by atoms with E-state index in [2.05, 4.69) is 0 Å². The van der Waals surface area contributed by atoms with Gasteiger partial charge in [-0.2, -0.15) is 0 Å². The van der Waals surface area contributed by atoms with Gasteiger partial charge in [0, 0.05) is 10.7 Å². The standard InChI is InChI=1S/C10H10ClIO4/c1-15-2-3-16-9-5-8(12)7(11)4-6(9)10(13)14/h4-5H,2-3H2,1H3,(H,13,14). The van der Waals surface area contributed by atoms with Crippen molar-refractivity contribution >= 4 is 40.2 Å². The molecule has 1 rings (SSSR count). The van der Waals surface area contributed by atoms with E-state index in [-0.39, 0.29) is 5.56 Å². The van der Waals surface area contributed by atoms with Crippen LogP contribution in [0.25, 0.3) is 0 Å². The lowest BCUT2D eigenvalue weighted by Crippen LogP contribution is -2.08. The lowest BCUT2D eigenvalue weighted by Gasteiger charge is -2.10. The summed E-state index contributed by atoms with van der Waals surface area (Å²) in [5.74, 6) is -0.760. The number of hydrogen-bond donors (Lipinski definition) is 1. The van der Waals surface area contributed by atoms with E-state index in [1.165, 1.54) is 6.07 Å². The predicted octanol–water partition coefficient (Wildman–Crippen LogP) is 2.67. The summed E-state index contributed by atoms with van der Waals surface area (Å²) in [7, 11) is 1.55. The van der Waals surface area contributed by atoms with Gasteiger partial charge in [0.1, 0.15) is 17.9 Å². The molecule has 0 aromatic heterocycles. The van der Waals surface area contributed by atoms with Crippen molar-refractivity contribution in [3.63, 3.8) is 0 Å². The van der Waals surface area contributed by atoms with E-state index < -0.39 is 5.97 Å². The SMILES string of the molecule is COCCOc1cc(I)c(Cl)cc1C(=O)O. The highest BCUT2D eigenvalue weighted by Gasteiger charge is 2.14. The van der Waals surface area contributed by atoms with E-state index >= 15 is 0 Å². The largest absolute Gasteiger partial charge is 0.490 e. The third kappa shape index (κ3) is 3.50. The Labute approximate surface area is 112 Å².